The molecule has 6 nitrogen and oxygen atoms in total. The van der Waals surface area contributed by atoms with Gasteiger partial charge < -0.3 is 5.73 Å². The highest BCUT2D eigenvalue weighted by Crippen LogP contribution is 1.97. The first-order valence-electron chi connectivity index (χ1n) is 2.92. The van der Waals surface area contributed by atoms with E-state index in [0.717, 1.165) is 4.90 Å². The zero-order valence-electron chi connectivity index (χ0n) is 5.83. The number of likely N-dealkylation sites (N-methyl/N-ethyl adjacent to an activating group) is 1. The molecule has 1 atom stereocenters. The summed E-state index contributed by atoms with van der Waals surface area (Å²) in [5.41, 5.74) is 5.12. The molecular formula is C5H7N3O3. The highest BCUT2D eigenvalue weighted by Gasteiger charge is 2.35. The summed E-state index contributed by atoms with van der Waals surface area (Å²) in [6.07, 6.45) is 0. The number of nitrogens with two attached hydrogens (primary N) is 1. The van der Waals surface area contributed by atoms with Crippen molar-refractivity contribution in [2.24, 2.45) is 5.73 Å². The third-order valence-electron chi connectivity index (χ3n) is 1.41. The largest absolute Gasteiger partial charge is 0.330 e. The molecule has 1 saturated heterocycles. The summed E-state index contributed by atoms with van der Waals surface area (Å²) in [6.45, 7) is 0. The number of carbonyl (C=O) groups is 3. The first-order chi connectivity index (χ1) is 5.04. The van der Waals surface area contributed by atoms with Crippen molar-refractivity contribution >= 4 is 17.8 Å². The van der Waals surface area contributed by atoms with Crippen LogP contribution in [0, 0.1) is 0 Å². The maximum atomic E-state index is 10.9. The predicted molar refractivity (Wildman–Crippen MR) is 34.3 cm³/mol. The van der Waals surface area contributed by atoms with Crippen molar-refractivity contribution in [1.29, 1.82) is 0 Å². The van der Waals surface area contributed by atoms with E-state index in [-0.39, 0.29) is 0 Å². The number of nitrogens with zero attached hydrogens (tertiary/aromatic N) is 1. The fourth-order valence-corrected chi connectivity index (χ4v) is 0.688. The van der Waals surface area contributed by atoms with Gasteiger partial charge in [0.1, 0.15) is 0 Å². The summed E-state index contributed by atoms with van der Waals surface area (Å²) in [6, 6.07) is -1.99. The fraction of sp³-hybridized carbons (Fsp3) is 0.400. The van der Waals surface area contributed by atoms with Gasteiger partial charge >= 0.3 is 6.03 Å². The maximum Gasteiger partial charge on any atom is 0.330 e. The molecule has 0 aromatic heterocycles. The Kier molecular flexibility index (Phi) is 1.61. The van der Waals surface area contributed by atoms with E-state index in [9.17, 15) is 14.4 Å². The van der Waals surface area contributed by atoms with Crippen LogP contribution in [-0.4, -0.2) is 35.8 Å². The van der Waals surface area contributed by atoms with E-state index in [4.69, 9.17) is 5.73 Å². The van der Waals surface area contributed by atoms with Crippen LogP contribution in [0.25, 0.3) is 0 Å². The molecule has 1 aliphatic rings. The number of barbiturate groups is 1. The molecule has 1 aliphatic heterocycles. The van der Waals surface area contributed by atoms with Crippen molar-refractivity contribution in [1.82, 2.24) is 10.2 Å². The molecule has 0 aliphatic carbocycles. The highest BCUT2D eigenvalue weighted by molar-refractivity contribution is 6.18. The molecule has 4 amide bonds. The fourth-order valence-electron chi connectivity index (χ4n) is 0.688. The molecule has 0 aromatic carbocycles. The van der Waals surface area contributed by atoms with Gasteiger partial charge in [-0.3, -0.25) is 19.8 Å². The van der Waals surface area contributed by atoms with Crippen molar-refractivity contribution in [2.45, 2.75) is 6.04 Å². The highest BCUT2D eigenvalue weighted by atomic mass is 16.2. The van der Waals surface area contributed by atoms with Gasteiger partial charge in [-0.25, -0.2) is 4.79 Å². The van der Waals surface area contributed by atoms with Gasteiger partial charge in [-0.2, -0.15) is 0 Å². The van der Waals surface area contributed by atoms with E-state index in [2.05, 4.69) is 0 Å². The quantitative estimate of drug-likeness (QED) is 0.398. The van der Waals surface area contributed by atoms with E-state index >= 15 is 0 Å². The predicted octanol–water partition coefficient (Wildman–Crippen LogP) is -1.98. The van der Waals surface area contributed by atoms with Crippen LogP contribution in [0.2, 0.25) is 0 Å². The molecular weight excluding hydrogens is 150 g/mol. The number of nitrogens with one attached hydrogen (secondary N) is 1. The number of amides is 4. The molecule has 0 bridgehead atoms. The zero-order chi connectivity index (χ0) is 8.59. The second kappa shape index (κ2) is 2.31. The number of urea groups is 1. The smallest absolute Gasteiger partial charge is 0.312 e. The molecule has 3 N–H and O–H groups in total. The van der Waals surface area contributed by atoms with Gasteiger partial charge in [0.25, 0.3) is 11.8 Å². The monoisotopic (exact) mass is 157 g/mol. The molecule has 1 heterocycles. The standard InChI is InChI=1S/C5H7N3O3/c1-8-4(10)2(6)3(9)7-5(8)11/h2H,6H2,1H3,(H,7,9,11). The molecule has 11 heavy (non-hydrogen) atoms. The normalized spacial score (nSPS) is 25.5. The van der Waals surface area contributed by atoms with Gasteiger partial charge in [-0.1, -0.05) is 0 Å². The second-order valence-corrected chi connectivity index (χ2v) is 2.17. The Morgan fingerprint density at radius 1 is 1.45 bits per heavy atom. The summed E-state index contributed by atoms with van der Waals surface area (Å²) >= 11 is 0. The van der Waals surface area contributed by atoms with Gasteiger partial charge in [0.15, 0.2) is 6.04 Å². The Hall–Kier alpha value is -1.43. The van der Waals surface area contributed by atoms with Crippen molar-refractivity contribution in [2.75, 3.05) is 7.05 Å². The van der Waals surface area contributed by atoms with Crippen LogP contribution in [0.3, 0.4) is 0 Å². The van der Waals surface area contributed by atoms with E-state index in [1.54, 1.807) is 0 Å². The topological polar surface area (TPSA) is 92.5 Å². The van der Waals surface area contributed by atoms with Crippen LogP contribution >= 0.6 is 0 Å². The minimum Gasteiger partial charge on any atom is -0.312 e. The van der Waals surface area contributed by atoms with Crippen molar-refractivity contribution < 1.29 is 14.4 Å². The Bertz CT molecular complexity index is 215. The molecule has 0 radical (unpaired) electrons. The number of hydrogen-bond donors (Lipinski definition) is 2. The Balaban J connectivity index is 2.87. The van der Waals surface area contributed by atoms with Crippen molar-refractivity contribution in [3.63, 3.8) is 0 Å². The maximum absolute atomic E-state index is 10.9. The minimum absolute atomic E-state index is 0.682. The van der Waals surface area contributed by atoms with Gasteiger partial charge in [0.05, 0.1) is 0 Å². The van der Waals surface area contributed by atoms with Crippen LogP contribution in [0.1, 0.15) is 0 Å². The number of hydrogen-bond acceptors (Lipinski definition) is 4. The molecule has 60 valence electrons. The third-order valence-corrected chi connectivity index (χ3v) is 1.41. The number of rotatable bonds is 0. The lowest BCUT2D eigenvalue weighted by Crippen LogP contribution is -2.62. The van der Waals surface area contributed by atoms with Crippen LogP contribution in [0.15, 0.2) is 0 Å². The summed E-state index contributed by atoms with van der Waals surface area (Å²) in [7, 11) is 1.25. The third kappa shape index (κ3) is 1.07. The summed E-state index contributed by atoms with van der Waals surface area (Å²) in [4.78, 5) is 33.0. The second-order valence-electron chi connectivity index (χ2n) is 2.17. The lowest BCUT2D eigenvalue weighted by atomic mass is 10.2. The average molecular weight is 157 g/mol. The van der Waals surface area contributed by atoms with Gasteiger partial charge in [-0.05, 0) is 0 Å². The summed E-state index contributed by atoms with van der Waals surface area (Å²) < 4.78 is 0. The van der Waals surface area contributed by atoms with Crippen LogP contribution in [0.5, 0.6) is 0 Å². The molecule has 0 saturated carbocycles. The number of imide groups is 2. The molecule has 0 spiro atoms. The molecule has 1 unspecified atom stereocenters. The minimum atomic E-state index is -1.25. The van der Waals surface area contributed by atoms with Crippen LogP contribution in [-0.2, 0) is 9.59 Å². The average Bonchev–Trinajstić information content (AvgIpc) is 1.97. The SMILES string of the molecule is CN1C(=O)NC(=O)C(N)C1=O. The van der Waals surface area contributed by atoms with Gasteiger partial charge in [0.2, 0.25) is 0 Å². The van der Waals surface area contributed by atoms with E-state index in [0.29, 0.717) is 0 Å². The van der Waals surface area contributed by atoms with Crippen LogP contribution in [0.4, 0.5) is 4.79 Å². The Morgan fingerprint density at radius 3 is 2.55 bits per heavy atom. The van der Waals surface area contributed by atoms with Gasteiger partial charge in [0, 0.05) is 7.05 Å². The molecule has 6 heteroatoms. The first kappa shape index (κ1) is 7.67. The van der Waals surface area contributed by atoms with Gasteiger partial charge in [-0.15, -0.1) is 0 Å². The Morgan fingerprint density at radius 2 is 2.00 bits per heavy atom. The molecule has 1 fully saturated rings. The molecule has 0 aromatic rings. The van der Waals surface area contributed by atoms with E-state index in [1.807, 2.05) is 5.32 Å². The summed E-state index contributed by atoms with van der Waals surface area (Å²) in [5.74, 6) is -1.43. The van der Waals surface area contributed by atoms with Crippen molar-refractivity contribution in [3.05, 3.63) is 0 Å². The first-order valence-corrected chi connectivity index (χ1v) is 2.92. The lowest BCUT2D eigenvalue weighted by molar-refractivity contribution is -0.137. The lowest BCUT2D eigenvalue weighted by Gasteiger charge is -2.24. The van der Waals surface area contributed by atoms with Crippen LogP contribution < -0.4 is 11.1 Å². The van der Waals surface area contributed by atoms with E-state index < -0.39 is 23.9 Å². The van der Waals surface area contributed by atoms with Crippen molar-refractivity contribution in [3.8, 4) is 0 Å². The molecule has 1 rings (SSSR count). The number of carbonyl (C=O) groups excluding carboxylic acids is 3. The Labute approximate surface area is 62.3 Å². The zero-order valence-corrected chi connectivity index (χ0v) is 5.83. The van der Waals surface area contributed by atoms with E-state index in [1.165, 1.54) is 7.05 Å². The summed E-state index contributed by atoms with van der Waals surface area (Å²) in [5, 5.41) is 1.91.